The molecule has 0 atom stereocenters. The number of rotatable bonds is 4. The van der Waals surface area contributed by atoms with Crippen molar-refractivity contribution >= 4 is 57.3 Å². The number of halogens is 2. The molecule has 18 heavy (non-hydrogen) atoms. The second kappa shape index (κ2) is 7.52. The summed E-state index contributed by atoms with van der Waals surface area (Å²) in [6, 6.07) is 5.61. The van der Waals surface area contributed by atoms with Crippen molar-refractivity contribution < 1.29 is 9.53 Å². The van der Waals surface area contributed by atoms with Crippen molar-refractivity contribution in [1.29, 1.82) is 5.26 Å². The summed E-state index contributed by atoms with van der Waals surface area (Å²) >= 11 is 4.36. The SMILES string of the molecule is COc1c(I)cc(I)cc1C=NNC(=O)CC#N. The zero-order chi connectivity index (χ0) is 13.5. The summed E-state index contributed by atoms with van der Waals surface area (Å²) < 4.78 is 7.28. The highest BCUT2D eigenvalue weighted by Gasteiger charge is 2.07. The third-order valence-electron chi connectivity index (χ3n) is 1.87. The van der Waals surface area contributed by atoms with Gasteiger partial charge in [0, 0.05) is 9.13 Å². The number of amides is 1. The van der Waals surface area contributed by atoms with Crippen molar-refractivity contribution in [2.24, 2.45) is 5.10 Å². The fraction of sp³-hybridized carbons (Fsp3) is 0.182. The predicted octanol–water partition coefficient (Wildman–Crippen LogP) is 2.27. The first kappa shape index (κ1) is 15.2. The Balaban J connectivity index is 2.87. The number of nitrogens with zero attached hydrogens (tertiary/aromatic N) is 2. The summed E-state index contributed by atoms with van der Waals surface area (Å²) in [5.41, 5.74) is 3.04. The Bertz CT molecular complexity index is 524. The van der Waals surface area contributed by atoms with Gasteiger partial charge in [-0.2, -0.15) is 10.4 Å². The van der Waals surface area contributed by atoms with Crippen LogP contribution in [0.1, 0.15) is 12.0 Å². The molecule has 1 rings (SSSR count). The van der Waals surface area contributed by atoms with E-state index >= 15 is 0 Å². The van der Waals surface area contributed by atoms with Gasteiger partial charge in [-0.05, 0) is 57.3 Å². The van der Waals surface area contributed by atoms with Gasteiger partial charge in [-0.1, -0.05) is 0 Å². The van der Waals surface area contributed by atoms with Gasteiger partial charge in [-0.3, -0.25) is 4.79 Å². The number of hydrogen-bond acceptors (Lipinski definition) is 4. The topological polar surface area (TPSA) is 74.5 Å². The number of methoxy groups -OCH3 is 1. The monoisotopic (exact) mass is 469 g/mol. The minimum Gasteiger partial charge on any atom is -0.495 e. The summed E-state index contributed by atoms with van der Waals surface area (Å²) in [5.74, 6) is 0.266. The van der Waals surface area contributed by atoms with Crippen LogP contribution in [-0.4, -0.2) is 19.2 Å². The highest BCUT2D eigenvalue weighted by Crippen LogP contribution is 2.26. The first-order valence-electron chi connectivity index (χ1n) is 4.80. The third kappa shape index (κ3) is 4.41. The molecule has 1 N–H and O–H groups in total. The van der Waals surface area contributed by atoms with Gasteiger partial charge in [-0.15, -0.1) is 0 Å². The van der Waals surface area contributed by atoms with Crippen LogP contribution in [0.25, 0.3) is 0 Å². The molecule has 0 saturated carbocycles. The maximum atomic E-state index is 11.0. The largest absolute Gasteiger partial charge is 0.495 e. The summed E-state index contributed by atoms with van der Waals surface area (Å²) in [4.78, 5) is 11.0. The van der Waals surface area contributed by atoms with E-state index in [1.807, 2.05) is 12.1 Å². The Labute approximate surface area is 132 Å². The van der Waals surface area contributed by atoms with E-state index in [0.29, 0.717) is 5.75 Å². The molecular weight excluding hydrogens is 460 g/mol. The number of hydrogen-bond donors (Lipinski definition) is 1. The molecule has 0 spiro atoms. The van der Waals surface area contributed by atoms with Crippen molar-refractivity contribution in [1.82, 2.24) is 5.43 Å². The molecule has 0 heterocycles. The lowest BCUT2D eigenvalue weighted by Crippen LogP contribution is -2.16. The molecule has 0 aliphatic heterocycles. The van der Waals surface area contributed by atoms with Crippen molar-refractivity contribution in [2.75, 3.05) is 7.11 Å². The Morgan fingerprint density at radius 3 is 2.94 bits per heavy atom. The smallest absolute Gasteiger partial charge is 0.254 e. The first-order valence-corrected chi connectivity index (χ1v) is 6.96. The molecule has 5 nitrogen and oxygen atoms in total. The number of nitriles is 1. The van der Waals surface area contributed by atoms with E-state index in [1.165, 1.54) is 6.21 Å². The van der Waals surface area contributed by atoms with E-state index in [9.17, 15) is 4.79 Å². The molecule has 94 valence electrons. The van der Waals surface area contributed by atoms with Gasteiger partial charge in [-0.25, -0.2) is 5.43 Å². The van der Waals surface area contributed by atoms with Crippen molar-refractivity contribution in [3.8, 4) is 11.8 Å². The average molecular weight is 469 g/mol. The van der Waals surface area contributed by atoms with Crippen LogP contribution in [0.5, 0.6) is 5.75 Å². The Hall–Kier alpha value is -0.890. The van der Waals surface area contributed by atoms with Crippen LogP contribution in [0.4, 0.5) is 0 Å². The lowest BCUT2D eigenvalue weighted by atomic mass is 10.2. The number of benzene rings is 1. The molecule has 0 aromatic heterocycles. The molecule has 1 aromatic carbocycles. The van der Waals surface area contributed by atoms with Crippen LogP contribution < -0.4 is 10.2 Å². The normalized spacial score (nSPS) is 10.1. The Kier molecular flexibility index (Phi) is 6.34. The van der Waals surface area contributed by atoms with Gasteiger partial charge >= 0.3 is 0 Å². The van der Waals surface area contributed by atoms with Gasteiger partial charge < -0.3 is 4.74 Å². The summed E-state index contributed by atoms with van der Waals surface area (Å²) in [6.07, 6.45) is 1.29. The van der Waals surface area contributed by atoms with Gasteiger partial charge in [0.1, 0.15) is 12.2 Å². The summed E-state index contributed by atoms with van der Waals surface area (Å²) in [6.45, 7) is 0. The number of ether oxygens (including phenoxy) is 1. The first-order chi connectivity index (χ1) is 8.58. The quantitative estimate of drug-likeness (QED) is 0.418. The van der Waals surface area contributed by atoms with Crippen LogP contribution in [-0.2, 0) is 4.79 Å². The molecule has 0 bridgehead atoms. The fourth-order valence-corrected chi connectivity index (χ4v) is 3.29. The third-order valence-corrected chi connectivity index (χ3v) is 3.30. The Morgan fingerprint density at radius 1 is 1.61 bits per heavy atom. The van der Waals surface area contributed by atoms with Crippen LogP contribution in [0.2, 0.25) is 0 Å². The maximum absolute atomic E-state index is 11.0. The summed E-state index contributed by atoms with van der Waals surface area (Å²) in [7, 11) is 1.58. The molecule has 1 amide bonds. The standard InChI is InChI=1S/C11H9I2N3O2/c1-18-11-7(4-8(12)5-9(11)13)6-15-16-10(17)2-3-14/h4-6H,2H2,1H3,(H,16,17). The van der Waals surface area contributed by atoms with E-state index in [1.54, 1.807) is 13.2 Å². The van der Waals surface area contributed by atoms with Gasteiger partial charge in [0.25, 0.3) is 5.91 Å². The van der Waals surface area contributed by atoms with E-state index in [2.05, 4.69) is 55.7 Å². The van der Waals surface area contributed by atoms with E-state index in [0.717, 1.165) is 12.7 Å². The molecule has 0 fully saturated rings. The second-order valence-corrected chi connectivity index (χ2v) is 5.55. The van der Waals surface area contributed by atoms with E-state index in [-0.39, 0.29) is 6.42 Å². The lowest BCUT2D eigenvalue weighted by molar-refractivity contribution is -0.120. The molecular formula is C11H9I2N3O2. The van der Waals surface area contributed by atoms with Gasteiger partial charge in [0.2, 0.25) is 0 Å². The fourth-order valence-electron chi connectivity index (χ4n) is 1.18. The maximum Gasteiger partial charge on any atom is 0.254 e. The zero-order valence-electron chi connectivity index (χ0n) is 9.41. The zero-order valence-corrected chi connectivity index (χ0v) is 13.7. The minimum absolute atomic E-state index is 0.210. The van der Waals surface area contributed by atoms with Crippen molar-refractivity contribution in [3.63, 3.8) is 0 Å². The molecule has 0 aliphatic rings. The molecule has 0 unspecified atom stereocenters. The molecule has 0 radical (unpaired) electrons. The van der Waals surface area contributed by atoms with Gasteiger partial charge in [0.05, 0.1) is 23.0 Å². The number of carbonyl (C=O) groups excluding carboxylic acids is 1. The minimum atomic E-state index is -0.437. The Morgan fingerprint density at radius 2 is 2.33 bits per heavy atom. The van der Waals surface area contributed by atoms with Crippen LogP contribution in [0.3, 0.4) is 0 Å². The lowest BCUT2D eigenvalue weighted by Gasteiger charge is -2.07. The predicted molar refractivity (Wildman–Crippen MR) is 84.4 cm³/mol. The molecule has 0 saturated heterocycles. The van der Waals surface area contributed by atoms with Crippen LogP contribution >= 0.6 is 45.2 Å². The van der Waals surface area contributed by atoms with E-state index in [4.69, 9.17) is 10.00 Å². The van der Waals surface area contributed by atoms with E-state index < -0.39 is 5.91 Å². The van der Waals surface area contributed by atoms with Crippen LogP contribution in [0, 0.1) is 18.5 Å². The number of carbonyl (C=O) groups is 1. The van der Waals surface area contributed by atoms with Gasteiger partial charge in [0.15, 0.2) is 0 Å². The molecule has 1 aromatic rings. The molecule has 7 heteroatoms. The highest BCUT2D eigenvalue weighted by molar-refractivity contribution is 14.1. The molecule has 0 aliphatic carbocycles. The highest BCUT2D eigenvalue weighted by atomic mass is 127. The number of nitrogens with one attached hydrogen (secondary N) is 1. The van der Waals surface area contributed by atoms with Crippen molar-refractivity contribution in [3.05, 3.63) is 24.8 Å². The number of hydrazone groups is 1. The second-order valence-electron chi connectivity index (χ2n) is 3.14. The van der Waals surface area contributed by atoms with Crippen LogP contribution in [0.15, 0.2) is 17.2 Å². The average Bonchev–Trinajstić information content (AvgIpc) is 2.28. The summed E-state index contributed by atoms with van der Waals surface area (Å²) in [5, 5.41) is 12.1. The van der Waals surface area contributed by atoms with Crippen molar-refractivity contribution in [2.45, 2.75) is 6.42 Å².